The van der Waals surface area contributed by atoms with Gasteiger partial charge in [0.2, 0.25) is 10.0 Å². The number of nitrogens with one attached hydrogen (secondary N) is 2. The normalized spacial score (nSPS) is 11.4. The van der Waals surface area contributed by atoms with E-state index in [0.717, 1.165) is 0 Å². The van der Waals surface area contributed by atoms with Crippen molar-refractivity contribution >= 4 is 21.6 Å². The summed E-state index contributed by atoms with van der Waals surface area (Å²) in [6.07, 6.45) is 3.12. The van der Waals surface area contributed by atoms with Gasteiger partial charge in [-0.05, 0) is 44.2 Å². The van der Waals surface area contributed by atoms with Crippen LogP contribution in [0.3, 0.4) is 0 Å². The third-order valence-electron chi connectivity index (χ3n) is 2.74. The first-order valence-electron chi connectivity index (χ1n) is 6.72. The third-order valence-corrected chi connectivity index (χ3v) is 4.39. The number of nitrogens with zero attached hydrogens (tertiary/aromatic N) is 1. The highest BCUT2D eigenvalue weighted by Gasteiger charge is 2.17. The van der Waals surface area contributed by atoms with Crippen molar-refractivity contribution in [3.8, 4) is 0 Å². The van der Waals surface area contributed by atoms with Crippen molar-refractivity contribution in [2.75, 3.05) is 5.32 Å². The van der Waals surface area contributed by atoms with Crippen molar-refractivity contribution in [2.24, 2.45) is 0 Å². The average molecular weight is 319 g/mol. The Morgan fingerprint density at radius 1 is 1.14 bits per heavy atom. The van der Waals surface area contributed by atoms with Crippen LogP contribution in [0.4, 0.5) is 5.69 Å². The molecule has 7 heteroatoms. The number of anilines is 1. The summed E-state index contributed by atoms with van der Waals surface area (Å²) >= 11 is 0. The molecule has 0 radical (unpaired) electrons. The van der Waals surface area contributed by atoms with Gasteiger partial charge < -0.3 is 5.32 Å². The van der Waals surface area contributed by atoms with E-state index in [2.05, 4.69) is 15.0 Å². The third kappa shape index (κ3) is 4.12. The van der Waals surface area contributed by atoms with Gasteiger partial charge in [-0.25, -0.2) is 13.1 Å². The fourth-order valence-electron chi connectivity index (χ4n) is 1.82. The molecule has 0 fully saturated rings. The number of sulfonamides is 1. The Balaban J connectivity index is 2.23. The highest BCUT2D eigenvalue weighted by Crippen LogP contribution is 2.14. The zero-order valence-corrected chi connectivity index (χ0v) is 13.1. The monoisotopic (exact) mass is 319 g/mol. The maximum atomic E-state index is 12.2. The molecule has 0 unspecified atom stereocenters. The summed E-state index contributed by atoms with van der Waals surface area (Å²) in [5.74, 6) is -0.382. The molecule has 0 atom stereocenters. The number of pyridine rings is 1. The minimum atomic E-state index is -3.63. The minimum absolute atomic E-state index is 0.0589. The Labute approximate surface area is 129 Å². The fourth-order valence-corrected chi connectivity index (χ4v) is 3.12. The molecular formula is C15H17N3O3S. The molecule has 22 heavy (non-hydrogen) atoms. The summed E-state index contributed by atoms with van der Waals surface area (Å²) in [7, 11) is -3.63. The van der Waals surface area contributed by atoms with E-state index in [1.807, 2.05) is 0 Å². The van der Waals surface area contributed by atoms with Crippen molar-refractivity contribution in [1.82, 2.24) is 9.71 Å². The van der Waals surface area contributed by atoms with Gasteiger partial charge in [0, 0.05) is 29.7 Å². The molecule has 1 heterocycles. The van der Waals surface area contributed by atoms with Crippen LogP contribution in [0.5, 0.6) is 0 Å². The molecule has 0 saturated heterocycles. The lowest BCUT2D eigenvalue weighted by atomic mass is 10.2. The molecule has 2 aromatic rings. The van der Waals surface area contributed by atoms with Gasteiger partial charge in [0.05, 0.1) is 4.90 Å². The van der Waals surface area contributed by atoms with Crippen LogP contribution in [0, 0.1) is 0 Å². The van der Waals surface area contributed by atoms with Gasteiger partial charge in [-0.15, -0.1) is 0 Å². The molecule has 1 aromatic carbocycles. The van der Waals surface area contributed by atoms with Crippen molar-refractivity contribution in [1.29, 1.82) is 0 Å². The number of carbonyl (C=O) groups excluding carboxylic acids is 1. The van der Waals surface area contributed by atoms with Crippen LogP contribution in [0.1, 0.15) is 24.2 Å². The van der Waals surface area contributed by atoms with Crippen molar-refractivity contribution in [2.45, 2.75) is 24.8 Å². The quantitative estimate of drug-likeness (QED) is 0.882. The van der Waals surface area contributed by atoms with E-state index in [-0.39, 0.29) is 22.4 Å². The van der Waals surface area contributed by atoms with Crippen molar-refractivity contribution in [3.63, 3.8) is 0 Å². The molecule has 1 aromatic heterocycles. The summed E-state index contributed by atoms with van der Waals surface area (Å²) in [4.78, 5) is 16.1. The van der Waals surface area contributed by atoms with Crippen LogP contribution in [-0.2, 0) is 10.0 Å². The lowest BCUT2D eigenvalue weighted by molar-refractivity contribution is 0.102. The number of rotatable bonds is 5. The highest BCUT2D eigenvalue weighted by molar-refractivity contribution is 7.89. The molecule has 0 aliphatic heterocycles. The molecular weight excluding hydrogens is 302 g/mol. The van der Waals surface area contributed by atoms with Gasteiger partial charge in [-0.2, -0.15) is 0 Å². The fraction of sp³-hybridized carbons (Fsp3) is 0.200. The summed E-state index contributed by atoms with van der Waals surface area (Å²) in [5.41, 5.74) is 0.858. The van der Waals surface area contributed by atoms with E-state index in [0.29, 0.717) is 5.69 Å². The Morgan fingerprint density at radius 3 is 2.45 bits per heavy atom. The number of amides is 1. The number of hydrogen-bond donors (Lipinski definition) is 2. The minimum Gasteiger partial charge on any atom is -0.322 e. The predicted molar refractivity (Wildman–Crippen MR) is 84.1 cm³/mol. The number of benzene rings is 1. The van der Waals surface area contributed by atoms with Crippen molar-refractivity contribution < 1.29 is 13.2 Å². The van der Waals surface area contributed by atoms with E-state index >= 15 is 0 Å². The van der Waals surface area contributed by atoms with Gasteiger partial charge in [0.25, 0.3) is 5.91 Å². The molecule has 2 N–H and O–H groups in total. The largest absolute Gasteiger partial charge is 0.322 e. The Morgan fingerprint density at radius 2 is 1.82 bits per heavy atom. The molecule has 0 bridgehead atoms. The second-order valence-corrected chi connectivity index (χ2v) is 6.71. The van der Waals surface area contributed by atoms with E-state index in [1.165, 1.54) is 18.2 Å². The van der Waals surface area contributed by atoms with Crippen molar-refractivity contribution in [3.05, 3.63) is 54.4 Å². The lowest BCUT2D eigenvalue weighted by Crippen LogP contribution is -2.30. The number of hydrogen-bond acceptors (Lipinski definition) is 4. The van der Waals surface area contributed by atoms with E-state index in [9.17, 15) is 13.2 Å². The summed E-state index contributed by atoms with van der Waals surface area (Å²) in [6, 6.07) is 8.98. The van der Waals surface area contributed by atoms with Gasteiger partial charge in [0.1, 0.15) is 0 Å². The van der Waals surface area contributed by atoms with Crippen LogP contribution in [0.2, 0.25) is 0 Å². The predicted octanol–water partition coefficient (Wildman–Crippen LogP) is 2.02. The van der Waals surface area contributed by atoms with Gasteiger partial charge in [-0.3, -0.25) is 9.78 Å². The smallest absolute Gasteiger partial charge is 0.255 e. The Hall–Kier alpha value is -2.25. The van der Waals surface area contributed by atoms with Crippen LogP contribution in [0.25, 0.3) is 0 Å². The van der Waals surface area contributed by atoms with Crippen LogP contribution in [-0.4, -0.2) is 25.4 Å². The highest BCUT2D eigenvalue weighted by atomic mass is 32.2. The standard InChI is InChI=1S/C15H17N3O3S/c1-11(2)18-22(20,21)14-5-3-4-12(10-14)15(19)17-13-6-8-16-9-7-13/h3-11,18H,1-2H3,(H,16,17,19). The molecule has 0 aliphatic carbocycles. The molecule has 2 rings (SSSR count). The zero-order chi connectivity index (χ0) is 16.2. The molecule has 6 nitrogen and oxygen atoms in total. The first-order chi connectivity index (χ1) is 10.4. The first-order valence-corrected chi connectivity index (χ1v) is 8.20. The SMILES string of the molecule is CC(C)NS(=O)(=O)c1cccc(C(=O)Nc2ccncc2)c1. The molecule has 0 spiro atoms. The van der Waals surface area contributed by atoms with Gasteiger partial charge in [-0.1, -0.05) is 6.07 Å². The topological polar surface area (TPSA) is 88.2 Å². The van der Waals surface area contributed by atoms with E-state index < -0.39 is 10.0 Å². The zero-order valence-electron chi connectivity index (χ0n) is 12.3. The summed E-state index contributed by atoms with van der Waals surface area (Å²) in [6.45, 7) is 3.47. The Kier molecular flexibility index (Phi) is 4.89. The van der Waals surface area contributed by atoms with Crippen LogP contribution < -0.4 is 10.0 Å². The summed E-state index contributed by atoms with van der Waals surface area (Å²) < 4.78 is 26.7. The van der Waals surface area contributed by atoms with Gasteiger partial charge >= 0.3 is 0 Å². The maximum Gasteiger partial charge on any atom is 0.255 e. The van der Waals surface area contributed by atoms with E-state index in [1.54, 1.807) is 44.4 Å². The summed E-state index contributed by atoms with van der Waals surface area (Å²) in [5, 5.41) is 2.68. The first kappa shape index (κ1) is 16.1. The van der Waals surface area contributed by atoms with E-state index in [4.69, 9.17) is 0 Å². The van der Waals surface area contributed by atoms with Crippen LogP contribution in [0.15, 0.2) is 53.7 Å². The lowest BCUT2D eigenvalue weighted by Gasteiger charge is -2.11. The maximum absolute atomic E-state index is 12.2. The molecule has 0 aliphatic rings. The second kappa shape index (κ2) is 6.67. The number of carbonyl (C=O) groups is 1. The molecule has 0 saturated carbocycles. The Bertz CT molecular complexity index is 759. The van der Waals surface area contributed by atoms with Crippen LogP contribution >= 0.6 is 0 Å². The average Bonchev–Trinajstić information content (AvgIpc) is 2.47. The number of aromatic nitrogens is 1. The molecule has 1 amide bonds. The second-order valence-electron chi connectivity index (χ2n) is 4.99. The molecule has 116 valence electrons. The van der Waals surface area contributed by atoms with Gasteiger partial charge in [0.15, 0.2) is 0 Å².